The average Bonchev–Trinajstić information content (AvgIpc) is 2.34. The second kappa shape index (κ2) is 3.37. The van der Waals surface area contributed by atoms with E-state index in [1.165, 1.54) is 6.42 Å². The maximum Gasteiger partial charge on any atom is 0.0755 e. The van der Waals surface area contributed by atoms with Crippen molar-refractivity contribution in [2.45, 2.75) is 18.9 Å². The fraction of sp³-hybridized carbons (Fsp3) is 0.714. The summed E-state index contributed by atoms with van der Waals surface area (Å²) in [4.78, 5) is 0. The third-order valence-corrected chi connectivity index (χ3v) is 1.46. The van der Waals surface area contributed by atoms with Crippen molar-refractivity contribution >= 4 is 0 Å². The van der Waals surface area contributed by atoms with Crippen LogP contribution in [-0.2, 0) is 4.74 Å². The SMILES string of the molecule is C#CNCC1CCCO1. The van der Waals surface area contributed by atoms with Gasteiger partial charge in [0.15, 0.2) is 0 Å². The van der Waals surface area contributed by atoms with Gasteiger partial charge in [-0.1, -0.05) is 6.42 Å². The van der Waals surface area contributed by atoms with E-state index < -0.39 is 0 Å². The number of hydrogen-bond acceptors (Lipinski definition) is 2. The molecule has 1 N–H and O–H groups in total. The largest absolute Gasteiger partial charge is 0.376 e. The zero-order chi connectivity index (χ0) is 6.53. The van der Waals surface area contributed by atoms with Crippen LogP contribution in [-0.4, -0.2) is 19.3 Å². The van der Waals surface area contributed by atoms with Crippen LogP contribution in [0.3, 0.4) is 0 Å². The molecule has 1 saturated heterocycles. The summed E-state index contributed by atoms with van der Waals surface area (Å²) in [6, 6.07) is 2.36. The monoisotopic (exact) mass is 125 g/mol. The lowest BCUT2D eigenvalue weighted by Gasteiger charge is -2.05. The van der Waals surface area contributed by atoms with Gasteiger partial charge in [0.2, 0.25) is 0 Å². The van der Waals surface area contributed by atoms with E-state index in [1.54, 1.807) is 0 Å². The van der Waals surface area contributed by atoms with Gasteiger partial charge in [0, 0.05) is 19.2 Å². The van der Waals surface area contributed by atoms with Crippen molar-refractivity contribution < 1.29 is 4.74 Å². The van der Waals surface area contributed by atoms with Crippen molar-refractivity contribution in [2.75, 3.05) is 13.2 Å². The third kappa shape index (κ3) is 1.95. The maximum atomic E-state index is 5.30. The first-order valence-electron chi connectivity index (χ1n) is 3.23. The molecule has 2 nitrogen and oxygen atoms in total. The lowest BCUT2D eigenvalue weighted by molar-refractivity contribution is 0.113. The lowest BCUT2D eigenvalue weighted by Crippen LogP contribution is -2.21. The smallest absolute Gasteiger partial charge is 0.0755 e. The van der Waals surface area contributed by atoms with Crippen LogP contribution in [0.15, 0.2) is 0 Å². The van der Waals surface area contributed by atoms with Gasteiger partial charge in [-0.25, -0.2) is 0 Å². The van der Waals surface area contributed by atoms with Crippen molar-refractivity contribution in [3.05, 3.63) is 0 Å². The molecule has 1 fully saturated rings. The Morgan fingerprint density at radius 3 is 3.22 bits per heavy atom. The predicted molar refractivity (Wildman–Crippen MR) is 35.8 cm³/mol. The Hall–Kier alpha value is -0.680. The Morgan fingerprint density at radius 2 is 2.67 bits per heavy atom. The molecule has 2 heteroatoms. The molecule has 0 aromatic carbocycles. The molecule has 0 aromatic heterocycles. The first kappa shape index (κ1) is 6.44. The molecule has 9 heavy (non-hydrogen) atoms. The summed E-state index contributed by atoms with van der Waals surface area (Å²) in [7, 11) is 0. The Kier molecular flexibility index (Phi) is 2.41. The zero-order valence-electron chi connectivity index (χ0n) is 5.39. The van der Waals surface area contributed by atoms with Gasteiger partial charge in [-0.15, -0.1) is 0 Å². The van der Waals surface area contributed by atoms with Gasteiger partial charge in [-0.3, -0.25) is 0 Å². The van der Waals surface area contributed by atoms with E-state index in [2.05, 4.69) is 11.4 Å². The van der Waals surface area contributed by atoms with Gasteiger partial charge in [0.25, 0.3) is 0 Å². The second-order valence-electron chi connectivity index (χ2n) is 2.16. The molecule has 0 saturated carbocycles. The van der Waals surface area contributed by atoms with Gasteiger partial charge in [0.1, 0.15) is 0 Å². The third-order valence-electron chi connectivity index (χ3n) is 1.46. The molecule has 0 amide bonds. The summed E-state index contributed by atoms with van der Waals surface area (Å²) in [5, 5.41) is 2.79. The zero-order valence-corrected chi connectivity index (χ0v) is 5.39. The van der Waals surface area contributed by atoms with Crippen LogP contribution in [0, 0.1) is 12.5 Å². The van der Waals surface area contributed by atoms with Gasteiger partial charge in [-0.2, -0.15) is 0 Å². The summed E-state index contributed by atoms with van der Waals surface area (Å²) in [5.74, 6) is 0. The molecule has 1 aliphatic heterocycles. The summed E-state index contributed by atoms with van der Waals surface area (Å²) in [5.41, 5.74) is 0. The van der Waals surface area contributed by atoms with Gasteiger partial charge in [-0.05, 0) is 12.8 Å². The molecule has 0 aliphatic carbocycles. The highest BCUT2D eigenvalue weighted by Gasteiger charge is 2.13. The Balaban J connectivity index is 2.06. The molecule has 1 heterocycles. The van der Waals surface area contributed by atoms with Crippen LogP contribution in [0.5, 0.6) is 0 Å². The molecule has 1 aliphatic rings. The second-order valence-corrected chi connectivity index (χ2v) is 2.16. The Morgan fingerprint density at radius 1 is 1.78 bits per heavy atom. The molecule has 0 radical (unpaired) electrons. The van der Waals surface area contributed by atoms with Crippen LogP contribution >= 0.6 is 0 Å². The lowest BCUT2D eigenvalue weighted by atomic mass is 10.2. The highest BCUT2D eigenvalue weighted by atomic mass is 16.5. The van der Waals surface area contributed by atoms with Crippen molar-refractivity contribution in [1.29, 1.82) is 0 Å². The fourth-order valence-corrected chi connectivity index (χ4v) is 0.978. The van der Waals surface area contributed by atoms with Crippen LogP contribution in [0.25, 0.3) is 0 Å². The molecule has 0 aromatic rings. The minimum Gasteiger partial charge on any atom is -0.376 e. The first-order valence-corrected chi connectivity index (χ1v) is 3.23. The van der Waals surface area contributed by atoms with Gasteiger partial charge in [0.05, 0.1) is 6.10 Å². The Bertz CT molecular complexity index is 111. The topological polar surface area (TPSA) is 21.3 Å². The molecular formula is C7H11NO. The quantitative estimate of drug-likeness (QED) is 0.424. The number of hydrogen-bond donors (Lipinski definition) is 1. The standard InChI is InChI=1S/C7H11NO/c1-2-8-6-7-4-3-5-9-7/h1,7-8H,3-6H2. The summed E-state index contributed by atoms with van der Waals surface area (Å²) in [6.07, 6.45) is 7.68. The fourth-order valence-electron chi connectivity index (χ4n) is 0.978. The van der Waals surface area contributed by atoms with Crippen molar-refractivity contribution in [1.82, 2.24) is 5.32 Å². The van der Waals surface area contributed by atoms with E-state index in [-0.39, 0.29) is 0 Å². The molecule has 50 valence electrons. The normalized spacial score (nSPS) is 25.4. The van der Waals surface area contributed by atoms with E-state index in [9.17, 15) is 0 Å². The minimum absolute atomic E-state index is 0.362. The van der Waals surface area contributed by atoms with E-state index in [1.807, 2.05) is 0 Å². The summed E-state index contributed by atoms with van der Waals surface area (Å²) in [6.45, 7) is 1.70. The number of terminal acetylenes is 1. The van der Waals surface area contributed by atoms with Gasteiger partial charge < -0.3 is 10.1 Å². The highest BCUT2D eigenvalue weighted by Crippen LogP contribution is 2.09. The highest BCUT2D eigenvalue weighted by molar-refractivity contribution is 4.82. The van der Waals surface area contributed by atoms with Gasteiger partial charge >= 0.3 is 0 Å². The molecule has 0 bridgehead atoms. The van der Waals surface area contributed by atoms with Crippen LogP contribution in [0.4, 0.5) is 0 Å². The number of rotatable bonds is 2. The van der Waals surface area contributed by atoms with Crippen molar-refractivity contribution in [3.8, 4) is 12.5 Å². The molecule has 1 unspecified atom stereocenters. The van der Waals surface area contributed by atoms with Crippen LogP contribution in [0.2, 0.25) is 0 Å². The van der Waals surface area contributed by atoms with Crippen molar-refractivity contribution in [3.63, 3.8) is 0 Å². The maximum absolute atomic E-state index is 5.30. The van der Waals surface area contributed by atoms with E-state index >= 15 is 0 Å². The number of ether oxygens (including phenoxy) is 1. The summed E-state index contributed by atoms with van der Waals surface area (Å²) < 4.78 is 5.30. The Labute approximate surface area is 55.6 Å². The van der Waals surface area contributed by atoms with Crippen LogP contribution < -0.4 is 5.32 Å². The van der Waals surface area contributed by atoms with E-state index in [0.29, 0.717) is 6.10 Å². The first-order chi connectivity index (χ1) is 4.43. The number of nitrogens with one attached hydrogen (secondary N) is 1. The summed E-state index contributed by atoms with van der Waals surface area (Å²) >= 11 is 0. The molecule has 1 atom stereocenters. The van der Waals surface area contributed by atoms with Crippen molar-refractivity contribution in [2.24, 2.45) is 0 Å². The molecule has 0 spiro atoms. The van der Waals surface area contributed by atoms with Crippen LogP contribution in [0.1, 0.15) is 12.8 Å². The van der Waals surface area contributed by atoms with E-state index in [0.717, 1.165) is 19.6 Å². The predicted octanol–water partition coefficient (Wildman–Crippen LogP) is 0.346. The van der Waals surface area contributed by atoms with E-state index in [4.69, 9.17) is 11.2 Å². The molecule has 1 rings (SSSR count). The average molecular weight is 125 g/mol. The minimum atomic E-state index is 0.362. The molecular weight excluding hydrogens is 114 g/mol.